The van der Waals surface area contributed by atoms with Crippen molar-refractivity contribution in [3.05, 3.63) is 33.8 Å². The maximum absolute atomic E-state index is 12.4. The standard InChI is InChI=1S/C14H16BrNO3/c1-8-3-4-10(15)5-11(8)13(17)16-6-9(2)12(7-16)14(18)19/h3-5,9,12H,6-7H2,1-2H3,(H,18,19)/t9-,12-/m1/s1. The second kappa shape index (κ2) is 5.33. The lowest BCUT2D eigenvalue weighted by Crippen LogP contribution is -2.30. The Morgan fingerprint density at radius 1 is 1.37 bits per heavy atom. The normalized spacial score (nSPS) is 22.6. The van der Waals surface area contributed by atoms with Crippen molar-refractivity contribution in [1.82, 2.24) is 4.90 Å². The number of hydrogen-bond donors (Lipinski definition) is 1. The van der Waals surface area contributed by atoms with Gasteiger partial charge in [0.1, 0.15) is 0 Å². The summed E-state index contributed by atoms with van der Waals surface area (Å²) in [6.07, 6.45) is 0. The van der Waals surface area contributed by atoms with Gasteiger partial charge in [-0.3, -0.25) is 9.59 Å². The van der Waals surface area contributed by atoms with Gasteiger partial charge in [-0.05, 0) is 30.5 Å². The van der Waals surface area contributed by atoms with Crippen LogP contribution < -0.4 is 0 Å². The van der Waals surface area contributed by atoms with E-state index in [-0.39, 0.29) is 11.8 Å². The van der Waals surface area contributed by atoms with Gasteiger partial charge in [0.05, 0.1) is 5.92 Å². The monoisotopic (exact) mass is 325 g/mol. The van der Waals surface area contributed by atoms with Crippen LogP contribution in [0.2, 0.25) is 0 Å². The highest BCUT2D eigenvalue weighted by Crippen LogP contribution is 2.26. The minimum atomic E-state index is -0.825. The summed E-state index contributed by atoms with van der Waals surface area (Å²) in [6.45, 7) is 4.55. The third-order valence-corrected chi connectivity index (χ3v) is 4.14. The fourth-order valence-corrected chi connectivity index (χ4v) is 2.81. The van der Waals surface area contributed by atoms with Crippen LogP contribution >= 0.6 is 15.9 Å². The van der Waals surface area contributed by atoms with Crippen LogP contribution in [-0.2, 0) is 4.79 Å². The van der Waals surface area contributed by atoms with Gasteiger partial charge in [-0.2, -0.15) is 0 Å². The van der Waals surface area contributed by atoms with E-state index in [4.69, 9.17) is 5.11 Å². The van der Waals surface area contributed by atoms with Crippen molar-refractivity contribution in [2.75, 3.05) is 13.1 Å². The van der Waals surface area contributed by atoms with E-state index in [0.29, 0.717) is 18.7 Å². The van der Waals surface area contributed by atoms with Crippen molar-refractivity contribution in [2.24, 2.45) is 11.8 Å². The van der Waals surface area contributed by atoms with Gasteiger partial charge in [0, 0.05) is 23.1 Å². The molecule has 1 N–H and O–H groups in total. The average molecular weight is 326 g/mol. The van der Waals surface area contributed by atoms with Crippen molar-refractivity contribution < 1.29 is 14.7 Å². The lowest BCUT2D eigenvalue weighted by Gasteiger charge is -2.17. The fraction of sp³-hybridized carbons (Fsp3) is 0.429. The predicted octanol–water partition coefficient (Wildman–Crippen LogP) is 2.55. The van der Waals surface area contributed by atoms with Crippen LogP contribution in [0.25, 0.3) is 0 Å². The Balaban J connectivity index is 2.22. The van der Waals surface area contributed by atoms with Crippen molar-refractivity contribution in [2.45, 2.75) is 13.8 Å². The number of aliphatic carboxylic acids is 1. The summed E-state index contributed by atoms with van der Waals surface area (Å²) in [5, 5.41) is 9.11. The molecule has 1 fully saturated rings. The molecule has 102 valence electrons. The van der Waals surface area contributed by atoms with Crippen LogP contribution in [-0.4, -0.2) is 35.0 Å². The van der Waals surface area contributed by atoms with E-state index in [0.717, 1.165) is 10.0 Å². The molecule has 19 heavy (non-hydrogen) atoms. The van der Waals surface area contributed by atoms with Gasteiger partial charge in [-0.1, -0.05) is 28.9 Å². The molecule has 1 saturated heterocycles. The van der Waals surface area contributed by atoms with Crippen LogP contribution in [0.1, 0.15) is 22.8 Å². The number of hydrogen-bond acceptors (Lipinski definition) is 2. The highest BCUT2D eigenvalue weighted by Gasteiger charge is 2.37. The van der Waals surface area contributed by atoms with Gasteiger partial charge in [-0.15, -0.1) is 0 Å². The van der Waals surface area contributed by atoms with Crippen LogP contribution in [0, 0.1) is 18.8 Å². The zero-order valence-corrected chi connectivity index (χ0v) is 12.5. The van der Waals surface area contributed by atoms with E-state index in [1.807, 2.05) is 26.0 Å². The van der Waals surface area contributed by atoms with Crippen LogP contribution in [0.4, 0.5) is 0 Å². The third-order valence-electron chi connectivity index (χ3n) is 3.65. The molecule has 0 saturated carbocycles. The quantitative estimate of drug-likeness (QED) is 0.909. The Kier molecular flexibility index (Phi) is 3.94. The molecule has 0 radical (unpaired) electrons. The molecule has 4 nitrogen and oxygen atoms in total. The molecule has 1 aliphatic rings. The Morgan fingerprint density at radius 3 is 2.63 bits per heavy atom. The number of nitrogens with zero attached hydrogens (tertiary/aromatic N) is 1. The van der Waals surface area contributed by atoms with Crippen LogP contribution in [0.5, 0.6) is 0 Å². The molecule has 1 amide bonds. The van der Waals surface area contributed by atoms with Gasteiger partial charge >= 0.3 is 5.97 Å². The first kappa shape index (κ1) is 14.1. The van der Waals surface area contributed by atoms with Crippen molar-refractivity contribution in [3.63, 3.8) is 0 Å². The molecule has 0 bridgehead atoms. The minimum Gasteiger partial charge on any atom is -0.481 e. The summed E-state index contributed by atoms with van der Waals surface area (Å²) < 4.78 is 0.850. The van der Waals surface area contributed by atoms with Gasteiger partial charge in [0.2, 0.25) is 0 Å². The number of carboxylic acids is 1. The maximum Gasteiger partial charge on any atom is 0.308 e. The van der Waals surface area contributed by atoms with Crippen LogP contribution in [0.3, 0.4) is 0 Å². The maximum atomic E-state index is 12.4. The number of aryl methyl sites for hydroxylation is 1. The summed E-state index contributed by atoms with van der Waals surface area (Å²) in [7, 11) is 0. The molecular weight excluding hydrogens is 310 g/mol. The lowest BCUT2D eigenvalue weighted by atomic mass is 9.99. The minimum absolute atomic E-state index is 0.00564. The predicted molar refractivity (Wildman–Crippen MR) is 75.1 cm³/mol. The molecule has 0 spiro atoms. The van der Waals surface area contributed by atoms with Crippen molar-refractivity contribution in [1.29, 1.82) is 0 Å². The zero-order chi connectivity index (χ0) is 14.2. The summed E-state index contributed by atoms with van der Waals surface area (Å²) >= 11 is 3.36. The van der Waals surface area contributed by atoms with Crippen molar-refractivity contribution in [3.8, 4) is 0 Å². The summed E-state index contributed by atoms with van der Waals surface area (Å²) in [4.78, 5) is 25.2. The number of amides is 1. The largest absolute Gasteiger partial charge is 0.481 e. The van der Waals surface area contributed by atoms with Gasteiger partial charge < -0.3 is 10.0 Å². The molecular formula is C14H16BrNO3. The van der Waals surface area contributed by atoms with E-state index >= 15 is 0 Å². The van der Waals surface area contributed by atoms with Gasteiger partial charge in [0.25, 0.3) is 5.91 Å². The number of halogens is 1. The summed E-state index contributed by atoms with van der Waals surface area (Å²) in [5.41, 5.74) is 1.53. The first-order chi connectivity index (χ1) is 8.90. The Hall–Kier alpha value is -1.36. The van der Waals surface area contributed by atoms with E-state index in [9.17, 15) is 9.59 Å². The number of rotatable bonds is 2. The molecule has 1 aromatic rings. The summed E-state index contributed by atoms with van der Waals surface area (Å²) in [5.74, 6) is -1.38. The Morgan fingerprint density at radius 2 is 2.05 bits per heavy atom. The van der Waals surface area contributed by atoms with Gasteiger partial charge in [-0.25, -0.2) is 0 Å². The zero-order valence-electron chi connectivity index (χ0n) is 10.9. The molecule has 1 aromatic carbocycles. The van der Waals surface area contributed by atoms with E-state index in [2.05, 4.69) is 15.9 Å². The molecule has 1 heterocycles. The number of likely N-dealkylation sites (tertiary alicyclic amines) is 1. The lowest BCUT2D eigenvalue weighted by molar-refractivity contribution is -0.142. The number of carbonyl (C=O) groups excluding carboxylic acids is 1. The van der Waals surface area contributed by atoms with Crippen molar-refractivity contribution >= 4 is 27.8 Å². The molecule has 0 aliphatic carbocycles. The highest BCUT2D eigenvalue weighted by molar-refractivity contribution is 9.10. The number of carboxylic acid groups (broad SMARTS) is 1. The highest BCUT2D eigenvalue weighted by atomic mass is 79.9. The fourth-order valence-electron chi connectivity index (χ4n) is 2.45. The molecule has 5 heteroatoms. The molecule has 2 atom stereocenters. The summed E-state index contributed by atoms with van der Waals surface area (Å²) in [6, 6.07) is 5.56. The topological polar surface area (TPSA) is 57.6 Å². The van der Waals surface area contributed by atoms with Gasteiger partial charge in [0.15, 0.2) is 0 Å². The van der Waals surface area contributed by atoms with E-state index < -0.39 is 11.9 Å². The van der Waals surface area contributed by atoms with E-state index in [1.165, 1.54) is 0 Å². The second-order valence-electron chi connectivity index (χ2n) is 5.09. The number of benzene rings is 1. The first-order valence-electron chi connectivity index (χ1n) is 6.18. The smallest absolute Gasteiger partial charge is 0.308 e. The second-order valence-corrected chi connectivity index (χ2v) is 6.01. The molecule has 2 rings (SSSR count). The molecule has 0 unspecified atom stereocenters. The Bertz CT molecular complexity index is 529. The number of carbonyl (C=O) groups is 2. The average Bonchev–Trinajstić information content (AvgIpc) is 2.74. The first-order valence-corrected chi connectivity index (χ1v) is 6.97. The van der Waals surface area contributed by atoms with E-state index in [1.54, 1.807) is 11.0 Å². The third kappa shape index (κ3) is 2.81. The molecule has 0 aromatic heterocycles. The molecule has 1 aliphatic heterocycles. The van der Waals surface area contributed by atoms with Crippen LogP contribution in [0.15, 0.2) is 22.7 Å². The Labute approximate surface area is 120 Å². The SMILES string of the molecule is Cc1ccc(Br)cc1C(=O)N1C[C@@H](C)[C@H](C(=O)O)C1.